The molecule has 3 atom stereocenters. The Balaban J connectivity index is 1.55. The molecule has 1 fully saturated rings. The number of rotatable bonds is 9. The van der Waals surface area contributed by atoms with Crippen molar-refractivity contribution in [2.75, 3.05) is 6.61 Å². The number of nitrogens with one attached hydrogen (secondary N) is 1. The van der Waals surface area contributed by atoms with Crippen molar-refractivity contribution < 1.29 is 23.9 Å². The number of β-lactam (4-membered cyclic amide) rings is 1. The van der Waals surface area contributed by atoms with Crippen molar-refractivity contribution in [1.29, 1.82) is 0 Å². The molecule has 0 aliphatic carbocycles. The van der Waals surface area contributed by atoms with E-state index in [1.54, 1.807) is 31.2 Å². The van der Waals surface area contributed by atoms with Crippen molar-refractivity contribution in [2.24, 2.45) is 0 Å². The van der Waals surface area contributed by atoms with Crippen LogP contribution in [0.25, 0.3) is 0 Å². The van der Waals surface area contributed by atoms with Gasteiger partial charge in [0.15, 0.2) is 12.6 Å². The molecule has 31 heavy (non-hydrogen) atoms. The fourth-order valence-electron chi connectivity index (χ4n) is 3.15. The highest BCUT2D eigenvalue weighted by molar-refractivity contribution is 7.81. The van der Waals surface area contributed by atoms with Gasteiger partial charge in [-0.25, -0.2) is 4.79 Å². The maximum absolute atomic E-state index is 12.7. The number of esters is 1. The van der Waals surface area contributed by atoms with Crippen molar-refractivity contribution in [3.05, 3.63) is 78.4 Å². The van der Waals surface area contributed by atoms with E-state index in [1.165, 1.54) is 4.90 Å². The number of benzene rings is 2. The Labute approximate surface area is 186 Å². The summed E-state index contributed by atoms with van der Waals surface area (Å²) in [7, 11) is 0. The van der Waals surface area contributed by atoms with Gasteiger partial charge in [-0.15, -0.1) is 0 Å². The summed E-state index contributed by atoms with van der Waals surface area (Å²) in [6, 6.07) is 16.3. The van der Waals surface area contributed by atoms with Crippen LogP contribution in [-0.2, 0) is 25.7 Å². The fourth-order valence-corrected chi connectivity index (χ4v) is 3.60. The van der Waals surface area contributed by atoms with Crippen LogP contribution in [0.3, 0.4) is 0 Å². The van der Waals surface area contributed by atoms with Gasteiger partial charge in [0, 0.05) is 0 Å². The second-order valence-electron chi connectivity index (χ2n) is 7.15. The SMILES string of the molecule is C=C(C)C(C(=O)OCc1ccccc1)N1C(=O)C(NC(=O)COc2ccccc2)C1S. The van der Waals surface area contributed by atoms with Crippen LogP contribution in [0.4, 0.5) is 0 Å². The lowest BCUT2D eigenvalue weighted by Crippen LogP contribution is -2.72. The average molecular weight is 441 g/mol. The second-order valence-corrected chi connectivity index (χ2v) is 7.68. The van der Waals surface area contributed by atoms with E-state index in [4.69, 9.17) is 9.47 Å². The maximum atomic E-state index is 12.7. The number of nitrogens with zero attached hydrogens (tertiary/aromatic N) is 1. The number of likely N-dealkylation sites (tertiary alicyclic amines) is 1. The zero-order valence-corrected chi connectivity index (χ0v) is 18.0. The molecule has 3 unspecified atom stereocenters. The first-order valence-electron chi connectivity index (χ1n) is 9.72. The molecule has 8 heteroatoms. The molecule has 1 saturated heterocycles. The Kier molecular flexibility index (Phi) is 7.36. The summed E-state index contributed by atoms with van der Waals surface area (Å²) in [6.07, 6.45) is 0. The summed E-state index contributed by atoms with van der Waals surface area (Å²) in [4.78, 5) is 38.8. The number of thiol groups is 1. The smallest absolute Gasteiger partial charge is 0.333 e. The molecule has 3 rings (SSSR count). The number of carbonyl (C=O) groups excluding carboxylic acids is 3. The number of para-hydroxylation sites is 1. The summed E-state index contributed by atoms with van der Waals surface area (Å²) in [5.74, 6) is -0.941. The van der Waals surface area contributed by atoms with Crippen molar-refractivity contribution in [3.63, 3.8) is 0 Å². The molecule has 0 spiro atoms. The standard InChI is InChI=1S/C23H24N2O5S/c1-15(2)20(23(28)30-13-16-9-5-3-6-10-16)25-21(27)19(22(25)31)24-18(26)14-29-17-11-7-4-8-12-17/h3-12,19-20,22,31H,1,13-14H2,2H3,(H,24,26). The van der Waals surface area contributed by atoms with E-state index >= 15 is 0 Å². The molecule has 0 saturated carbocycles. The molecule has 2 aromatic rings. The second kappa shape index (κ2) is 10.2. The first kappa shape index (κ1) is 22.4. The Morgan fingerprint density at radius 3 is 2.32 bits per heavy atom. The third-order valence-corrected chi connectivity index (χ3v) is 5.27. The minimum atomic E-state index is -0.979. The Bertz CT molecular complexity index is 951. The Morgan fingerprint density at radius 1 is 1.13 bits per heavy atom. The summed E-state index contributed by atoms with van der Waals surface area (Å²) in [5.41, 5.74) is 1.28. The molecule has 1 heterocycles. The molecular formula is C23H24N2O5S. The molecule has 2 aromatic carbocycles. The van der Waals surface area contributed by atoms with Crippen LogP contribution >= 0.6 is 12.6 Å². The first-order chi connectivity index (χ1) is 14.9. The average Bonchev–Trinajstić information content (AvgIpc) is 2.79. The molecule has 162 valence electrons. The van der Waals surface area contributed by atoms with Gasteiger partial charge in [0.1, 0.15) is 23.8 Å². The van der Waals surface area contributed by atoms with Gasteiger partial charge in [0.25, 0.3) is 5.91 Å². The molecule has 1 N–H and O–H groups in total. The van der Waals surface area contributed by atoms with Crippen molar-refractivity contribution >= 4 is 30.4 Å². The quantitative estimate of drug-likeness (QED) is 0.271. The molecule has 7 nitrogen and oxygen atoms in total. The first-order valence-corrected chi connectivity index (χ1v) is 10.2. The van der Waals surface area contributed by atoms with Gasteiger partial charge in [0.05, 0.1) is 0 Å². The summed E-state index contributed by atoms with van der Waals surface area (Å²) >= 11 is 4.41. The van der Waals surface area contributed by atoms with Crippen molar-refractivity contribution in [1.82, 2.24) is 10.2 Å². The third-order valence-electron chi connectivity index (χ3n) is 4.73. The monoisotopic (exact) mass is 440 g/mol. The molecule has 2 amide bonds. The lowest BCUT2D eigenvalue weighted by Gasteiger charge is -2.47. The number of ether oxygens (including phenoxy) is 2. The maximum Gasteiger partial charge on any atom is 0.333 e. The van der Waals surface area contributed by atoms with Crippen LogP contribution in [0.15, 0.2) is 72.8 Å². The van der Waals surface area contributed by atoms with E-state index < -0.39 is 35.2 Å². The largest absolute Gasteiger partial charge is 0.484 e. The molecule has 0 aromatic heterocycles. The van der Waals surface area contributed by atoms with E-state index in [9.17, 15) is 14.4 Å². The van der Waals surface area contributed by atoms with E-state index in [-0.39, 0.29) is 13.2 Å². The minimum Gasteiger partial charge on any atom is -0.484 e. The molecule has 0 bridgehead atoms. The van der Waals surface area contributed by atoms with Crippen molar-refractivity contribution in [3.8, 4) is 5.75 Å². The zero-order chi connectivity index (χ0) is 22.4. The van der Waals surface area contributed by atoms with E-state index in [1.807, 2.05) is 36.4 Å². The molecule has 0 radical (unpaired) electrons. The van der Waals surface area contributed by atoms with Crippen LogP contribution < -0.4 is 10.1 Å². The third kappa shape index (κ3) is 5.46. The van der Waals surface area contributed by atoms with Gasteiger partial charge in [-0.1, -0.05) is 55.1 Å². The molecule has 1 aliphatic heterocycles. The van der Waals surface area contributed by atoms with Crippen LogP contribution in [0.5, 0.6) is 5.75 Å². The highest BCUT2D eigenvalue weighted by atomic mass is 32.1. The van der Waals surface area contributed by atoms with Gasteiger partial charge in [0.2, 0.25) is 5.91 Å². The minimum absolute atomic E-state index is 0.0830. The van der Waals surface area contributed by atoms with Gasteiger partial charge >= 0.3 is 5.97 Å². The lowest BCUT2D eigenvalue weighted by molar-refractivity contribution is -0.163. The van der Waals surface area contributed by atoms with E-state index in [0.29, 0.717) is 11.3 Å². The molecular weight excluding hydrogens is 416 g/mol. The van der Waals surface area contributed by atoms with Gasteiger partial charge in [-0.05, 0) is 30.2 Å². The zero-order valence-electron chi connectivity index (χ0n) is 17.1. The fraction of sp³-hybridized carbons (Fsp3) is 0.261. The normalized spacial score (nSPS) is 18.5. The summed E-state index contributed by atoms with van der Waals surface area (Å²) in [5, 5.41) is 1.90. The van der Waals surface area contributed by atoms with Crippen molar-refractivity contribution in [2.45, 2.75) is 31.0 Å². The number of carbonyl (C=O) groups is 3. The van der Waals surface area contributed by atoms with E-state index in [0.717, 1.165) is 5.56 Å². The highest BCUT2D eigenvalue weighted by Gasteiger charge is 2.51. The number of hydrogen-bond acceptors (Lipinski definition) is 6. The Hall–Kier alpha value is -3.26. The Morgan fingerprint density at radius 2 is 1.74 bits per heavy atom. The van der Waals surface area contributed by atoms with Gasteiger partial charge < -0.3 is 19.7 Å². The van der Waals surface area contributed by atoms with E-state index in [2.05, 4.69) is 24.5 Å². The number of amides is 2. The van der Waals surface area contributed by atoms with Crippen LogP contribution in [0, 0.1) is 0 Å². The highest BCUT2D eigenvalue weighted by Crippen LogP contribution is 2.29. The summed E-state index contributed by atoms with van der Waals surface area (Å²) < 4.78 is 10.8. The van der Waals surface area contributed by atoms with Crippen LogP contribution in [0.1, 0.15) is 12.5 Å². The molecule has 1 aliphatic rings. The topological polar surface area (TPSA) is 84.9 Å². The number of hydrogen-bond donors (Lipinski definition) is 2. The van der Waals surface area contributed by atoms with Gasteiger partial charge in [-0.2, -0.15) is 12.6 Å². The van der Waals surface area contributed by atoms with Gasteiger partial charge in [-0.3, -0.25) is 9.59 Å². The van der Waals surface area contributed by atoms with Crippen LogP contribution in [0.2, 0.25) is 0 Å². The lowest BCUT2D eigenvalue weighted by atomic mass is 9.99. The summed E-state index contributed by atoms with van der Waals surface area (Å²) in [6.45, 7) is 5.30. The van der Waals surface area contributed by atoms with Crippen LogP contribution in [-0.4, -0.2) is 46.7 Å². The predicted molar refractivity (Wildman–Crippen MR) is 118 cm³/mol. The predicted octanol–water partition coefficient (Wildman–Crippen LogP) is 2.34.